The molecule has 0 N–H and O–H groups in total. The lowest BCUT2D eigenvalue weighted by molar-refractivity contribution is -0.307. The second-order valence-corrected chi connectivity index (χ2v) is 24.3. The SMILES string of the molecule is CC[C@H]1OC(=O)C[C@@H](O[Si](CC)(CC)CC)[C@H](C)[C@@H](OC2OC(C)C(OC(C)=O)C(N(C)C)C2OC(C)=O)[C@@H](C)C[C@](C)(OC=CCc2cnc3ccccc3c2)C(=O)C=CC(C)=CC1COC(C)=O. The minimum Gasteiger partial charge on any atom is -0.487 e. The highest BCUT2D eigenvalue weighted by Gasteiger charge is 2.52. The van der Waals surface area contributed by atoms with E-state index in [9.17, 15) is 24.0 Å². The monoisotopic (exact) mass is 993 g/mol. The normalized spacial score (nSPS) is 29.6. The average Bonchev–Trinajstić information content (AvgIpc) is 3.31. The maximum atomic E-state index is 14.8. The van der Waals surface area contributed by atoms with Crippen molar-refractivity contribution in [2.75, 3.05) is 20.7 Å². The van der Waals surface area contributed by atoms with Gasteiger partial charge in [-0.25, -0.2) is 0 Å². The van der Waals surface area contributed by atoms with E-state index in [1.165, 1.54) is 26.8 Å². The Bertz CT molecular complexity index is 2160. The zero-order valence-electron chi connectivity index (χ0n) is 44.1. The fraction of sp³-hybridized carbons (Fsp3) is 0.630. The van der Waals surface area contributed by atoms with Gasteiger partial charge in [-0.3, -0.25) is 33.9 Å². The van der Waals surface area contributed by atoms with Crippen LogP contribution in [-0.4, -0.2) is 123 Å². The fourth-order valence-corrected chi connectivity index (χ4v) is 12.8. The molecule has 0 aliphatic carbocycles. The number of ether oxygens (including phenoxy) is 7. The van der Waals surface area contributed by atoms with E-state index in [1.54, 1.807) is 40.3 Å². The molecule has 0 amide bonds. The molecule has 388 valence electrons. The molecule has 1 fully saturated rings. The smallest absolute Gasteiger partial charge is 0.308 e. The molecule has 0 saturated carbocycles. The van der Waals surface area contributed by atoms with Gasteiger partial charge in [0.2, 0.25) is 0 Å². The highest BCUT2D eigenvalue weighted by molar-refractivity contribution is 6.73. The van der Waals surface area contributed by atoms with Crippen molar-refractivity contribution in [2.24, 2.45) is 17.8 Å². The van der Waals surface area contributed by atoms with Crippen molar-refractivity contribution in [3.05, 3.63) is 78.2 Å². The number of hydrogen-bond acceptors (Lipinski definition) is 15. The van der Waals surface area contributed by atoms with Crippen LogP contribution in [-0.2, 0) is 68.0 Å². The Morgan fingerprint density at radius 1 is 0.914 bits per heavy atom. The highest BCUT2D eigenvalue weighted by Crippen LogP contribution is 2.39. The van der Waals surface area contributed by atoms with E-state index in [4.69, 9.17) is 37.6 Å². The molecule has 1 aromatic carbocycles. The number of rotatable bonds is 17. The van der Waals surface area contributed by atoms with Crippen molar-refractivity contribution in [3.63, 3.8) is 0 Å². The number of likely N-dealkylation sites (N-methyl/N-ethyl adjacent to an activating group) is 1. The summed E-state index contributed by atoms with van der Waals surface area (Å²) in [5.74, 6) is -4.02. The first-order chi connectivity index (χ1) is 33.1. The van der Waals surface area contributed by atoms with E-state index in [0.717, 1.165) is 34.6 Å². The third-order valence-corrected chi connectivity index (χ3v) is 18.6. The zero-order chi connectivity index (χ0) is 51.9. The Kier molecular flexibility index (Phi) is 22.0. The zero-order valence-corrected chi connectivity index (χ0v) is 45.1. The minimum atomic E-state index is -2.47. The van der Waals surface area contributed by atoms with Crippen molar-refractivity contribution < 1.29 is 61.6 Å². The molecule has 0 radical (unpaired) electrons. The summed E-state index contributed by atoms with van der Waals surface area (Å²) in [4.78, 5) is 73.1. The number of carbonyl (C=O) groups is 5. The molecule has 0 spiro atoms. The summed E-state index contributed by atoms with van der Waals surface area (Å²) in [6.45, 7) is 21.4. The van der Waals surface area contributed by atoms with Crippen molar-refractivity contribution in [1.82, 2.24) is 9.88 Å². The molecule has 6 unspecified atom stereocenters. The van der Waals surface area contributed by atoms with Gasteiger partial charge in [-0.15, -0.1) is 0 Å². The van der Waals surface area contributed by atoms with Gasteiger partial charge in [-0.1, -0.05) is 77.5 Å². The summed E-state index contributed by atoms with van der Waals surface area (Å²) in [5.41, 5.74) is 1.07. The second-order valence-electron chi connectivity index (χ2n) is 19.5. The molecule has 1 saturated heterocycles. The van der Waals surface area contributed by atoms with Crippen LogP contribution in [0.15, 0.2) is 72.7 Å². The third-order valence-electron chi connectivity index (χ3n) is 13.9. The Morgan fingerprint density at radius 3 is 2.19 bits per heavy atom. The van der Waals surface area contributed by atoms with Gasteiger partial charge in [0.25, 0.3) is 0 Å². The van der Waals surface area contributed by atoms with Crippen LogP contribution in [0.4, 0.5) is 0 Å². The predicted octanol–water partition coefficient (Wildman–Crippen LogP) is 9.02. The number of para-hydroxylation sites is 1. The van der Waals surface area contributed by atoms with Crippen LogP contribution in [0.2, 0.25) is 18.1 Å². The van der Waals surface area contributed by atoms with Crippen molar-refractivity contribution in [2.45, 2.75) is 181 Å². The first kappa shape index (κ1) is 57.8. The van der Waals surface area contributed by atoms with E-state index in [-0.39, 0.29) is 25.2 Å². The molecule has 3 heterocycles. The number of nitrogens with zero attached hydrogens (tertiary/aromatic N) is 2. The first-order valence-electron chi connectivity index (χ1n) is 25.0. The Labute approximate surface area is 417 Å². The predicted molar refractivity (Wildman–Crippen MR) is 270 cm³/mol. The molecule has 2 aliphatic rings. The quantitative estimate of drug-likeness (QED) is 0.0635. The summed E-state index contributed by atoms with van der Waals surface area (Å²) in [7, 11) is 1.13. The van der Waals surface area contributed by atoms with Crippen LogP contribution >= 0.6 is 0 Å². The lowest BCUT2D eigenvalue weighted by Gasteiger charge is -2.49. The van der Waals surface area contributed by atoms with E-state index in [0.29, 0.717) is 18.4 Å². The number of allylic oxidation sites excluding steroid dienone is 3. The Hall–Kier alpha value is -4.74. The molecule has 2 aromatic rings. The summed E-state index contributed by atoms with van der Waals surface area (Å²) in [6, 6.07) is 11.6. The van der Waals surface area contributed by atoms with Crippen LogP contribution in [0.25, 0.3) is 10.9 Å². The minimum absolute atomic E-state index is 0.0462. The molecular weight excluding hydrogens is 913 g/mol. The van der Waals surface area contributed by atoms with E-state index in [2.05, 4.69) is 31.8 Å². The Morgan fingerprint density at radius 2 is 1.57 bits per heavy atom. The summed E-state index contributed by atoms with van der Waals surface area (Å²) < 4.78 is 51.2. The molecule has 12 atom stereocenters. The highest BCUT2D eigenvalue weighted by atomic mass is 28.4. The fourth-order valence-electron chi connectivity index (χ4n) is 9.82. The standard InChI is InChI=1S/C54H80N2O13Si/c1-15-45-43(33-62-38(9)57)28-34(5)25-26-47(60)54(12,63-27-21-22-41-29-42-23-19-20-24-44(42)55-32-41)31-35(6)50(36(7)46(30-48(61)67-45)69-70(16-2,17-3)18-4)68-53-52(66-40(11)59)49(56(13)14)51(37(8)64-53)65-39(10)58/h19-21,23-29,32,35-37,43,45-46,49-53H,15-18,22,30-31,33H2,1-14H3/t35-,36-,37?,43?,45+,46+,49?,50-,51?,52?,53?,54-/m0/s1. The lowest BCUT2D eigenvalue weighted by atomic mass is 9.80. The maximum Gasteiger partial charge on any atom is 0.308 e. The van der Waals surface area contributed by atoms with Gasteiger partial charge in [0.1, 0.15) is 18.8 Å². The van der Waals surface area contributed by atoms with Crippen molar-refractivity contribution >= 4 is 48.9 Å². The summed E-state index contributed by atoms with van der Waals surface area (Å²) in [6.07, 6.45) is 5.06. The van der Waals surface area contributed by atoms with Crippen LogP contribution < -0.4 is 0 Å². The second kappa shape index (κ2) is 26.6. The third kappa shape index (κ3) is 15.9. The van der Waals surface area contributed by atoms with Crippen LogP contribution in [0.3, 0.4) is 0 Å². The average molecular weight is 993 g/mol. The lowest BCUT2D eigenvalue weighted by Crippen LogP contribution is -2.65. The number of benzene rings is 1. The number of aromatic nitrogens is 1. The molecule has 4 rings (SSSR count). The molecular formula is C54H80N2O13Si. The number of carbonyl (C=O) groups excluding carboxylic acids is 5. The van der Waals surface area contributed by atoms with Crippen LogP contribution in [0.1, 0.15) is 108 Å². The number of pyridine rings is 1. The van der Waals surface area contributed by atoms with Gasteiger partial charge in [-0.05, 0) is 108 Å². The largest absolute Gasteiger partial charge is 0.487 e. The van der Waals surface area contributed by atoms with Gasteiger partial charge in [0.05, 0.1) is 42.6 Å². The van der Waals surface area contributed by atoms with E-state index >= 15 is 0 Å². The van der Waals surface area contributed by atoms with Gasteiger partial charge in [-0.2, -0.15) is 0 Å². The topological polar surface area (TPSA) is 175 Å². The van der Waals surface area contributed by atoms with Crippen LogP contribution in [0.5, 0.6) is 0 Å². The summed E-state index contributed by atoms with van der Waals surface area (Å²) >= 11 is 0. The van der Waals surface area contributed by atoms with E-state index < -0.39 is 105 Å². The molecule has 15 nitrogen and oxygen atoms in total. The van der Waals surface area contributed by atoms with Crippen LogP contribution in [0, 0.1) is 17.8 Å². The Balaban J connectivity index is 1.92. The molecule has 0 bridgehead atoms. The molecule has 2 aliphatic heterocycles. The number of hydrogen-bond donors (Lipinski definition) is 0. The number of esters is 4. The number of cyclic esters (lactones) is 1. The van der Waals surface area contributed by atoms with Gasteiger partial charge >= 0.3 is 23.9 Å². The number of ketones is 1. The maximum absolute atomic E-state index is 14.8. The van der Waals surface area contributed by atoms with Gasteiger partial charge in [0, 0.05) is 44.2 Å². The molecule has 70 heavy (non-hydrogen) atoms. The van der Waals surface area contributed by atoms with E-state index in [1.807, 2.05) is 75.2 Å². The van der Waals surface area contributed by atoms with Gasteiger partial charge in [0.15, 0.2) is 32.1 Å². The molecule has 1 aromatic heterocycles. The molecule has 16 heteroatoms. The van der Waals surface area contributed by atoms with Gasteiger partial charge < -0.3 is 37.6 Å². The first-order valence-corrected chi connectivity index (χ1v) is 27.5. The van der Waals surface area contributed by atoms with Crippen molar-refractivity contribution in [3.8, 4) is 0 Å². The number of fused-ring (bicyclic) bond motifs is 1. The van der Waals surface area contributed by atoms with Crippen molar-refractivity contribution in [1.29, 1.82) is 0 Å². The summed E-state index contributed by atoms with van der Waals surface area (Å²) in [5, 5.41) is 1.01.